The minimum atomic E-state index is -0.413. The van der Waals surface area contributed by atoms with Gasteiger partial charge in [-0.1, -0.05) is 24.3 Å². The molecule has 1 aromatic carbocycles. The number of fused-ring (bicyclic) bond motifs is 1. The third-order valence-corrected chi connectivity index (χ3v) is 2.37. The molecule has 1 amide bonds. The van der Waals surface area contributed by atoms with E-state index in [0.29, 0.717) is 5.57 Å². The first kappa shape index (κ1) is 9.52. The van der Waals surface area contributed by atoms with E-state index in [1.165, 1.54) is 0 Å². The molecule has 0 spiro atoms. The van der Waals surface area contributed by atoms with E-state index in [0.717, 1.165) is 16.6 Å². The van der Waals surface area contributed by atoms with Crippen molar-refractivity contribution in [3.8, 4) is 0 Å². The molecule has 15 heavy (non-hydrogen) atoms. The topological polar surface area (TPSA) is 58.9 Å². The third-order valence-electron chi connectivity index (χ3n) is 2.37. The van der Waals surface area contributed by atoms with Crippen molar-refractivity contribution in [2.45, 2.75) is 6.92 Å². The van der Waals surface area contributed by atoms with Crippen molar-refractivity contribution in [2.75, 3.05) is 0 Å². The summed E-state index contributed by atoms with van der Waals surface area (Å²) in [6.07, 6.45) is 1.72. The van der Waals surface area contributed by atoms with Gasteiger partial charge >= 0.3 is 0 Å². The monoisotopic (exact) mass is 200 g/mol. The van der Waals surface area contributed by atoms with Crippen molar-refractivity contribution in [3.05, 3.63) is 42.1 Å². The van der Waals surface area contributed by atoms with E-state index in [1.807, 2.05) is 30.3 Å². The Hall–Kier alpha value is -2.03. The van der Waals surface area contributed by atoms with Gasteiger partial charge in [0.25, 0.3) is 0 Å². The van der Waals surface area contributed by atoms with Gasteiger partial charge in [-0.15, -0.1) is 0 Å². The van der Waals surface area contributed by atoms with Crippen LogP contribution in [-0.2, 0) is 4.79 Å². The van der Waals surface area contributed by atoms with Crippen LogP contribution < -0.4 is 5.73 Å². The molecule has 0 saturated heterocycles. The van der Waals surface area contributed by atoms with Crippen LogP contribution in [0.4, 0.5) is 0 Å². The number of allylic oxidation sites excluding steroid dienone is 1. The van der Waals surface area contributed by atoms with Gasteiger partial charge in [0.2, 0.25) is 5.91 Å². The normalized spacial score (nSPS) is 11.9. The summed E-state index contributed by atoms with van der Waals surface area (Å²) < 4.78 is 0. The fraction of sp³-hybridized carbons (Fsp3) is 0.0833. The number of benzene rings is 1. The predicted octanol–water partition coefficient (Wildman–Crippen LogP) is 2.06. The minimum absolute atomic E-state index is 0.413. The largest absolute Gasteiger partial charge is 0.366 e. The zero-order chi connectivity index (χ0) is 10.8. The Morgan fingerprint density at radius 1 is 1.40 bits per heavy atom. The fourth-order valence-corrected chi connectivity index (χ4v) is 1.65. The highest BCUT2D eigenvalue weighted by atomic mass is 16.1. The van der Waals surface area contributed by atoms with E-state index in [9.17, 15) is 4.79 Å². The van der Waals surface area contributed by atoms with E-state index in [4.69, 9.17) is 5.73 Å². The Morgan fingerprint density at radius 2 is 2.13 bits per heavy atom. The van der Waals surface area contributed by atoms with Gasteiger partial charge in [0.15, 0.2) is 0 Å². The molecule has 0 aliphatic carbocycles. The summed E-state index contributed by atoms with van der Waals surface area (Å²) in [5, 5.41) is 1.08. The number of carbonyl (C=O) groups excluding carboxylic acids is 1. The van der Waals surface area contributed by atoms with Crippen LogP contribution in [-0.4, -0.2) is 10.9 Å². The van der Waals surface area contributed by atoms with E-state index in [-0.39, 0.29) is 0 Å². The maximum absolute atomic E-state index is 11.1. The van der Waals surface area contributed by atoms with Crippen molar-refractivity contribution in [3.63, 3.8) is 0 Å². The molecule has 0 saturated carbocycles. The lowest BCUT2D eigenvalue weighted by atomic mass is 10.1. The summed E-state index contributed by atoms with van der Waals surface area (Å²) in [4.78, 5) is 14.3. The zero-order valence-corrected chi connectivity index (χ0v) is 8.45. The maximum atomic E-state index is 11.1. The van der Waals surface area contributed by atoms with Crippen molar-refractivity contribution in [1.82, 2.24) is 4.98 Å². The van der Waals surface area contributed by atoms with Gasteiger partial charge in [0.1, 0.15) is 0 Å². The van der Waals surface area contributed by atoms with Crippen LogP contribution in [0.3, 0.4) is 0 Å². The number of nitrogens with one attached hydrogen (secondary N) is 1. The molecule has 0 bridgehead atoms. The molecule has 76 valence electrons. The molecule has 3 N–H and O–H groups in total. The highest BCUT2D eigenvalue weighted by Crippen LogP contribution is 2.20. The molecular formula is C12H12N2O. The second kappa shape index (κ2) is 3.61. The summed E-state index contributed by atoms with van der Waals surface area (Å²) in [7, 11) is 0. The summed E-state index contributed by atoms with van der Waals surface area (Å²) >= 11 is 0. The van der Waals surface area contributed by atoms with Gasteiger partial charge in [0, 0.05) is 10.9 Å². The average molecular weight is 200 g/mol. The minimum Gasteiger partial charge on any atom is -0.366 e. The number of hydrogen-bond donors (Lipinski definition) is 2. The second-order valence-electron chi connectivity index (χ2n) is 3.34. The predicted molar refractivity (Wildman–Crippen MR) is 61.1 cm³/mol. The molecule has 0 unspecified atom stereocenters. The molecule has 1 heterocycles. The van der Waals surface area contributed by atoms with Gasteiger partial charge in [-0.25, -0.2) is 0 Å². The van der Waals surface area contributed by atoms with E-state index in [2.05, 4.69) is 4.98 Å². The number of rotatable bonds is 2. The van der Waals surface area contributed by atoms with Crippen LogP contribution in [0.5, 0.6) is 0 Å². The Balaban J connectivity index is 2.58. The van der Waals surface area contributed by atoms with Gasteiger partial charge < -0.3 is 10.7 Å². The first-order valence-electron chi connectivity index (χ1n) is 4.76. The molecule has 3 nitrogen and oxygen atoms in total. The highest BCUT2D eigenvalue weighted by molar-refractivity contribution is 6.18. The molecule has 2 aromatic rings. The third kappa shape index (κ3) is 1.64. The summed E-state index contributed by atoms with van der Waals surface area (Å²) in [5.41, 5.74) is 7.57. The number of amides is 1. The smallest absolute Gasteiger partial charge is 0.250 e. The summed E-state index contributed by atoms with van der Waals surface area (Å²) in [6, 6.07) is 9.79. The van der Waals surface area contributed by atoms with Crippen LogP contribution in [0.1, 0.15) is 12.6 Å². The molecule has 3 heteroatoms. The lowest BCUT2D eigenvalue weighted by Crippen LogP contribution is -2.12. The van der Waals surface area contributed by atoms with Crippen LogP contribution in [0, 0.1) is 0 Å². The van der Waals surface area contributed by atoms with E-state index in [1.54, 1.807) is 13.0 Å². The maximum Gasteiger partial charge on any atom is 0.250 e. The Kier molecular flexibility index (Phi) is 2.29. The highest BCUT2D eigenvalue weighted by Gasteiger charge is 2.09. The molecule has 0 fully saturated rings. The summed E-state index contributed by atoms with van der Waals surface area (Å²) in [6.45, 7) is 1.80. The molecule has 0 aliphatic rings. The standard InChI is InChI=1S/C12H12N2O/c1-2-9(12(13)15)11-7-8-5-3-4-6-10(8)14-11/h2-7,14H,1H3,(H2,13,15)/b9-2-. The Bertz CT molecular complexity index is 504. The van der Waals surface area contributed by atoms with Gasteiger partial charge in [-0.05, 0) is 19.1 Å². The number of H-pyrrole nitrogens is 1. The lowest BCUT2D eigenvalue weighted by Gasteiger charge is -1.97. The fourth-order valence-electron chi connectivity index (χ4n) is 1.65. The van der Waals surface area contributed by atoms with Gasteiger partial charge in [0.05, 0.1) is 11.3 Å². The van der Waals surface area contributed by atoms with Crippen LogP contribution >= 0.6 is 0 Å². The Morgan fingerprint density at radius 3 is 2.73 bits per heavy atom. The molecule has 1 aromatic heterocycles. The molecular weight excluding hydrogens is 188 g/mol. The van der Waals surface area contributed by atoms with Gasteiger partial charge in [-0.2, -0.15) is 0 Å². The zero-order valence-electron chi connectivity index (χ0n) is 8.45. The number of primary amides is 1. The SMILES string of the molecule is C/C=C(\C(N)=O)c1cc2ccccc2[nH]1. The number of para-hydroxylation sites is 1. The Labute approximate surface area is 87.6 Å². The molecule has 0 atom stereocenters. The molecule has 2 rings (SSSR count). The van der Waals surface area contributed by atoms with Crippen molar-refractivity contribution >= 4 is 22.4 Å². The summed E-state index contributed by atoms with van der Waals surface area (Å²) in [5.74, 6) is -0.413. The van der Waals surface area contributed by atoms with E-state index < -0.39 is 5.91 Å². The first-order chi connectivity index (χ1) is 7.22. The average Bonchev–Trinajstić information content (AvgIpc) is 2.61. The number of aromatic amines is 1. The number of carbonyl (C=O) groups is 1. The quantitative estimate of drug-likeness (QED) is 0.716. The number of aromatic nitrogens is 1. The molecule has 0 aliphatic heterocycles. The number of hydrogen-bond acceptors (Lipinski definition) is 1. The van der Waals surface area contributed by atoms with Crippen molar-refractivity contribution in [2.24, 2.45) is 5.73 Å². The van der Waals surface area contributed by atoms with E-state index >= 15 is 0 Å². The van der Waals surface area contributed by atoms with Crippen LogP contribution in [0.15, 0.2) is 36.4 Å². The van der Waals surface area contributed by atoms with Crippen molar-refractivity contribution in [1.29, 1.82) is 0 Å². The van der Waals surface area contributed by atoms with Crippen LogP contribution in [0.2, 0.25) is 0 Å². The lowest BCUT2D eigenvalue weighted by molar-refractivity contribution is -0.112. The second-order valence-corrected chi connectivity index (χ2v) is 3.34. The number of nitrogens with two attached hydrogens (primary N) is 1. The van der Waals surface area contributed by atoms with Gasteiger partial charge in [-0.3, -0.25) is 4.79 Å². The molecule has 0 radical (unpaired) electrons. The van der Waals surface area contributed by atoms with Crippen LogP contribution in [0.25, 0.3) is 16.5 Å². The van der Waals surface area contributed by atoms with Crippen molar-refractivity contribution < 1.29 is 4.79 Å². The first-order valence-corrected chi connectivity index (χ1v) is 4.76.